The average Bonchev–Trinajstić information content (AvgIpc) is 2.46. The minimum absolute atomic E-state index is 0.452. The Bertz CT molecular complexity index is 602. The lowest BCUT2D eigenvalue weighted by Crippen LogP contribution is -1.97. The van der Waals surface area contributed by atoms with Gasteiger partial charge in [-0.1, -0.05) is 18.5 Å². The van der Waals surface area contributed by atoms with Crippen molar-refractivity contribution in [2.75, 3.05) is 14.2 Å². The lowest BCUT2D eigenvalue weighted by atomic mass is 10.1. The van der Waals surface area contributed by atoms with Crippen LogP contribution in [-0.4, -0.2) is 24.2 Å². The van der Waals surface area contributed by atoms with E-state index >= 15 is 0 Å². The highest BCUT2D eigenvalue weighted by molar-refractivity contribution is 6.29. The van der Waals surface area contributed by atoms with Crippen LogP contribution >= 0.6 is 11.6 Å². The van der Waals surface area contributed by atoms with Gasteiger partial charge in [0.15, 0.2) is 11.5 Å². The number of aromatic nitrogens is 2. The molecule has 106 valence electrons. The minimum Gasteiger partial charge on any atom is -0.493 e. The Morgan fingerprint density at radius 2 is 1.80 bits per heavy atom. The number of ether oxygens (including phenoxy) is 2. The summed E-state index contributed by atoms with van der Waals surface area (Å²) >= 11 is 6.06. The summed E-state index contributed by atoms with van der Waals surface area (Å²) < 4.78 is 10.5. The molecule has 2 aromatic rings. The molecule has 0 fully saturated rings. The molecule has 0 saturated heterocycles. The summed E-state index contributed by atoms with van der Waals surface area (Å²) in [5.41, 5.74) is 1.71. The van der Waals surface area contributed by atoms with Crippen molar-refractivity contribution in [2.24, 2.45) is 0 Å². The molecule has 1 heterocycles. The smallest absolute Gasteiger partial charge is 0.161 e. The zero-order valence-electron chi connectivity index (χ0n) is 11.8. The quantitative estimate of drug-likeness (QED) is 0.787. The van der Waals surface area contributed by atoms with E-state index in [4.69, 9.17) is 21.1 Å². The van der Waals surface area contributed by atoms with E-state index < -0.39 is 0 Å². The van der Waals surface area contributed by atoms with Crippen molar-refractivity contribution < 1.29 is 9.47 Å². The Labute approximate surface area is 123 Å². The molecular formula is C15H17ClN2O2. The molecule has 0 aliphatic heterocycles. The topological polar surface area (TPSA) is 44.2 Å². The number of benzene rings is 1. The summed E-state index contributed by atoms with van der Waals surface area (Å²) in [7, 11) is 3.22. The molecule has 0 spiro atoms. The predicted molar refractivity (Wildman–Crippen MR) is 79.6 cm³/mol. The summed E-state index contributed by atoms with van der Waals surface area (Å²) in [6.45, 7) is 2.08. The summed E-state index contributed by atoms with van der Waals surface area (Å²) in [4.78, 5) is 8.76. The molecular weight excluding hydrogens is 276 g/mol. The zero-order chi connectivity index (χ0) is 14.5. The van der Waals surface area contributed by atoms with Crippen LogP contribution in [0, 0.1) is 0 Å². The van der Waals surface area contributed by atoms with E-state index in [1.54, 1.807) is 20.3 Å². The first-order valence-corrected chi connectivity index (χ1v) is 6.81. The third-order valence-electron chi connectivity index (χ3n) is 2.89. The number of rotatable bonds is 5. The first-order valence-electron chi connectivity index (χ1n) is 6.43. The van der Waals surface area contributed by atoms with Gasteiger partial charge in [-0.05, 0) is 24.6 Å². The van der Waals surface area contributed by atoms with E-state index in [-0.39, 0.29) is 0 Å². The first-order chi connectivity index (χ1) is 9.67. The number of nitrogens with zero attached hydrogens (tertiary/aromatic N) is 2. The van der Waals surface area contributed by atoms with E-state index in [1.165, 1.54) is 0 Å². The maximum Gasteiger partial charge on any atom is 0.161 e. The molecule has 20 heavy (non-hydrogen) atoms. The Kier molecular flexibility index (Phi) is 4.79. The summed E-state index contributed by atoms with van der Waals surface area (Å²) in [5, 5.41) is 0.452. The van der Waals surface area contributed by atoms with E-state index in [0.29, 0.717) is 16.7 Å². The highest BCUT2D eigenvalue weighted by Crippen LogP contribution is 2.32. The maximum atomic E-state index is 6.06. The molecule has 0 saturated carbocycles. The Hall–Kier alpha value is -1.81. The molecule has 1 aromatic heterocycles. The van der Waals surface area contributed by atoms with Crippen molar-refractivity contribution in [3.8, 4) is 22.8 Å². The summed E-state index contributed by atoms with van der Waals surface area (Å²) in [6.07, 6.45) is 1.78. The molecule has 4 nitrogen and oxygen atoms in total. The van der Waals surface area contributed by atoms with Crippen molar-refractivity contribution in [1.82, 2.24) is 9.97 Å². The van der Waals surface area contributed by atoms with Crippen LogP contribution in [0.1, 0.15) is 19.2 Å². The van der Waals surface area contributed by atoms with Crippen LogP contribution in [0.15, 0.2) is 24.3 Å². The second-order valence-electron chi connectivity index (χ2n) is 4.31. The lowest BCUT2D eigenvalue weighted by molar-refractivity contribution is 0.355. The molecule has 0 aliphatic rings. The third-order valence-corrected chi connectivity index (χ3v) is 3.09. The fraction of sp³-hybridized carbons (Fsp3) is 0.333. The summed E-state index contributed by atoms with van der Waals surface area (Å²) in [5.74, 6) is 2.10. The van der Waals surface area contributed by atoms with Gasteiger partial charge >= 0.3 is 0 Å². The minimum atomic E-state index is 0.452. The van der Waals surface area contributed by atoms with Crippen LogP contribution in [-0.2, 0) is 6.42 Å². The maximum absolute atomic E-state index is 6.06. The van der Waals surface area contributed by atoms with Crippen LogP contribution < -0.4 is 9.47 Å². The van der Waals surface area contributed by atoms with Gasteiger partial charge in [-0.2, -0.15) is 0 Å². The van der Waals surface area contributed by atoms with Gasteiger partial charge < -0.3 is 9.47 Å². The molecule has 5 heteroatoms. The molecule has 2 rings (SSSR count). The van der Waals surface area contributed by atoms with Crippen molar-refractivity contribution in [2.45, 2.75) is 19.8 Å². The van der Waals surface area contributed by atoms with Gasteiger partial charge in [0.05, 0.1) is 19.9 Å². The van der Waals surface area contributed by atoms with E-state index in [9.17, 15) is 0 Å². The highest BCUT2D eigenvalue weighted by atomic mass is 35.5. The normalized spacial score (nSPS) is 10.4. The fourth-order valence-electron chi connectivity index (χ4n) is 1.94. The Balaban J connectivity index is 2.45. The van der Waals surface area contributed by atoms with Gasteiger partial charge in [0.25, 0.3) is 0 Å². The van der Waals surface area contributed by atoms with Crippen LogP contribution in [0.25, 0.3) is 11.3 Å². The highest BCUT2D eigenvalue weighted by Gasteiger charge is 2.09. The Morgan fingerprint density at radius 1 is 1.05 bits per heavy atom. The van der Waals surface area contributed by atoms with E-state index in [1.807, 2.05) is 18.2 Å². The van der Waals surface area contributed by atoms with Crippen LogP contribution in [0.3, 0.4) is 0 Å². The lowest BCUT2D eigenvalue weighted by Gasteiger charge is -2.10. The van der Waals surface area contributed by atoms with Crippen LogP contribution in [0.2, 0.25) is 5.15 Å². The third kappa shape index (κ3) is 3.20. The fourth-order valence-corrected chi connectivity index (χ4v) is 2.14. The van der Waals surface area contributed by atoms with Gasteiger partial charge in [0, 0.05) is 18.1 Å². The van der Waals surface area contributed by atoms with Gasteiger partial charge in [0.2, 0.25) is 0 Å². The average molecular weight is 293 g/mol. The van der Waals surface area contributed by atoms with Crippen LogP contribution in [0.5, 0.6) is 11.5 Å². The molecule has 0 aliphatic carbocycles. The molecule has 1 aromatic carbocycles. The monoisotopic (exact) mass is 292 g/mol. The SMILES string of the molecule is CCCc1nc(Cl)cc(-c2ccc(OC)c(OC)c2)n1. The molecule has 0 amide bonds. The van der Waals surface area contributed by atoms with Crippen LogP contribution in [0.4, 0.5) is 0 Å². The number of hydrogen-bond donors (Lipinski definition) is 0. The van der Waals surface area contributed by atoms with Crippen molar-refractivity contribution in [3.63, 3.8) is 0 Å². The second kappa shape index (κ2) is 6.57. The molecule has 0 atom stereocenters. The number of methoxy groups -OCH3 is 2. The second-order valence-corrected chi connectivity index (χ2v) is 4.70. The van der Waals surface area contributed by atoms with Crippen molar-refractivity contribution >= 4 is 11.6 Å². The molecule has 0 radical (unpaired) electrons. The van der Waals surface area contributed by atoms with Crippen molar-refractivity contribution in [3.05, 3.63) is 35.2 Å². The number of halogens is 1. The largest absolute Gasteiger partial charge is 0.493 e. The zero-order valence-corrected chi connectivity index (χ0v) is 12.6. The van der Waals surface area contributed by atoms with E-state index in [0.717, 1.165) is 29.9 Å². The molecule has 0 bridgehead atoms. The van der Waals surface area contributed by atoms with Crippen molar-refractivity contribution in [1.29, 1.82) is 0 Å². The standard InChI is InChI=1S/C15H17ClN2O2/c1-4-5-15-17-11(9-14(16)18-15)10-6-7-12(19-2)13(8-10)20-3/h6-9H,4-5H2,1-3H3. The predicted octanol–water partition coefficient (Wildman–Crippen LogP) is 3.77. The van der Waals surface area contributed by atoms with Gasteiger partial charge in [0.1, 0.15) is 11.0 Å². The molecule has 0 unspecified atom stereocenters. The van der Waals surface area contributed by atoms with Gasteiger partial charge in [-0.25, -0.2) is 9.97 Å². The first kappa shape index (κ1) is 14.6. The number of aryl methyl sites for hydroxylation is 1. The Morgan fingerprint density at radius 3 is 2.45 bits per heavy atom. The number of hydrogen-bond acceptors (Lipinski definition) is 4. The van der Waals surface area contributed by atoms with E-state index in [2.05, 4.69) is 16.9 Å². The summed E-state index contributed by atoms with van der Waals surface area (Å²) in [6, 6.07) is 7.41. The van der Waals surface area contributed by atoms with Gasteiger partial charge in [-0.3, -0.25) is 0 Å². The molecule has 0 N–H and O–H groups in total. The van der Waals surface area contributed by atoms with Gasteiger partial charge in [-0.15, -0.1) is 0 Å².